The number of rotatable bonds is 7. The fourth-order valence-electron chi connectivity index (χ4n) is 3.52. The first-order valence-electron chi connectivity index (χ1n) is 10.6. The van der Waals surface area contributed by atoms with E-state index in [-0.39, 0.29) is 25.4 Å². The molecule has 0 aliphatic rings. The number of benzene rings is 3. The summed E-state index contributed by atoms with van der Waals surface area (Å²) in [5, 5.41) is 3.84. The topological polar surface area (TPSA) is 98.5 Å². The Kier molecular flexibility index (Phi) is 6.89. The van der Waals surface area contributed by atoms with Crippen LogP contribution in [0, 0.1) is 13.8 Å². The monoisotopic (exact) mass is 526 g/mol. The van der Waals surface area contributed by atoms with E-state index in [1.807, 2.05) is 32.0 Å². The minimum atomic E-state index is -4.08. The highest BCUT2D eigenvalue weighted by molar-refractivity contribution is 7.92. The van der Waals surface area contributed by atoms with Crippen LogP contribution in [0.25, 0.3) is 0 Å². The van der Waals surface area contributed by atoms with Crippen LogP contribution < -0.4 is 15.8 Å². The van der Waals surface area contributed by atoms with Crippen molar-refractivity contribution in [1.82, 2.24) is 0 Å². The van der Waals surface area contributed by atoms with Crippen molar-refractivity contribution in [3.63, 3.8) is 0 Å². The number of nitrogen functional groups attached to an aromatic ring is 1. The number of ether oxygens (including phenoxy) is 1. The van der Waals surface area contributed by atoms with E-state index in [2.05, 4.69) is 5.32 Å². The molecule has 0 atom stereocenters. The fourth-order valence-corrected chi connectivity index (χ4v) is 6.58. The number of thiophene rings is 1. The molecule has 0 bridgehead atoms. The van der Waals surface area contributed by atoms with Crippen LogP contribution in [-0.4, -0.2) is 21.3 Å². The molecule has 0 aliphatic carbocycles. The predicted molar refractivity (Wildman–Crippen MR) is 141 cm³/mol. The maximum absolute atomic E-state index is 13.7. The Morgan fingerprint density at radius 2 is 1.71 bits per heavy atom. The standard InChI is InChI=1S/C26H23ClN2O4S2/c1-15-7-10-19(13-16(15)2)29-26-25(35(31,32)21-11-8-18(27)9-12-21)22(28)24(34-26)23(30)17-5-4-6-20(14-17)33-3/h4-14,29H,28H2,1-3H3. The Bertz CT molecular complexity index is 1530. The van der Waals surface area contributed by atoms with Gasteiger partial charge in [-0.1, -0.05) is 29.8 Å². The van der Waals surface area contributed by atoms with Crippen molar-refractivity contribution in [2.75, 3.05) is 18.2 Å². The van der Waals surface area contributed by atoms with Crippen molar-refractivity contribution in [1.29, 1.82) is 0 Å². The van der Waals surface area contributed by atoms with Gasteiger partial charge in [-0.15, -0.1) is 11.3 Å². The van der Waals surface area contributed by atoms with Gasteiger partial charge in [0.15, 0.2) is 0 Å². The summed E-state index contributed by atoms with van der Waals surface area (Å²) in [6.07, 6.45) is 0. The van der Waals surface area contributed by atoms with E-state index in [0.29, 0.717) is 22.0 Å². The van der Waals surface area contributed by atoms with Crippen molar-refractivity contribution in [3.8, 4) is 5.75 Å². The number of ketones is 1. The van der Waals surface area contributed by atoms with Crippen molar-refractivity contribution in [3.05, 3.63) is 93.3 Å². The Balaban J connectivity index is 1.88. The number of hydrogen-bond donors (Lipinski definition) is 2. The van der Waals surface area contributed by atoms with E-state index in [1.165, 1.54) is 31.4 Å². The summed E-state index contributed by atoms with van der Waals surface area (Å²) in [7, 11) is -2.57. The number of anilines is 3. The summed E-state index contributed by atoms with van der Waals surface area (Å²) >= 11 is 6.96. The summed E-state index contributed by atoms with van der Waals surface area (Å²) in [5.74, 6) is 0.112. The molecule has 3 N–H and O–H groups in total. The number of nitrogens with two attached hydrogens (primary N) is 1. The highest BCUT2D eigenvalue weighted by Crippen LogP contribution is 2.44. The van der Waals surface area contributed by atoms with Crippen LogP contribution in [0.4, 0.5) is 16.4 Å². The first-order chi connectivity index (χ1) is 16.6. The van der Waals surface area contributed by atoms with E-state index in [9.17, 15) is 13.2 Å². The van der Waals surface area contributed by atoms with Crippen LogP contribution in [0.2, 0.25) is 5.02 Å². The maximum Gasteiger partial charge on any atom is 0.211 e. The second-order valence-electron chi connectivity index (χ2n) is 7.95. The summed E-state index contributed by atoms with van der Waals surface area (Å²) in [4.78, 5) is 13.4. The Labute approximate surface area is 213 Å². The van der Waals surface area contributed by atoms with Crippen LogP contribution in [0.1, 0.15) is 26.4 Å². The molecule has 4 rings (SSSR count). The number of sulfone groups is 1. The number of carbonyl (C=O) groups is 1. The molecular formula is C26H23ClN2O4S2. The van der Waals surface area contributed by atoms with Gasteiger partial charge in [-0.05, 0) is 73.5 Å². The maximum atomic E-state index is 13.7. The number of aryl methyl sites for hydroxylation is 2. The first-order valence-corrected chi connectivity index (χ1v) is 13.3. The highest BCUT2D eigenvalue weighted by atomic mass is 35.5. The fraction of sp³-hybridized carbons (Fsp3) is 0.115. The van der Waals surface area contributed by atoms with E-state index >= 15 is 0 Å². The van der Waals surface area contributed by atoms with Gasteiger partial charge in [0.05, 0.1) is 17.7 Å². The van der Waals surface area contributed by atoms with Crippen LogP contribution in [-0.2, 0) is 9.84 Å². The van der Waals surface area contributed by atoms with E-state index in [0.717, 1.165) is 22.5 Å². The van der Waals surface area contributed by atoms with Crippen LogP contribution in [0.5, 0.6) is 5.75 Å². The molecular weight excluding hydrogens is 504 g/mol. The van der Waals surface area contributed by atoms with E-state index in [1.54, 1.807) is 24.3 Å². The van der Waals surface area contributed by atoms with Gasteiger partial charge >= 0.3 is 0 Å². The third kappa shape index (κ3) is 4.91. The van der Waals surface area contributed by atoms with Gasteiger partial charge in [-0.2, -0.15) is 0 Å². The minimum Gasteiger partial charge on any atom is -0.497 e. The molecule has 0 fully saturated rings. The van der Waals surface area contributed by atoms with Crippen molar-refractivity contribution in [2.24, 2.45) is 0 Å². The van der Waals surface area contributed by atoms with Crippen LogP contribution >= 0.6 is 22.9 Å². The molecule has 0 saturated heterocycles. The predicted octanol–water partition coefficient (Wildman–Crippen LogP) is 6.42. The smallest absolute Gasteiger partial charge is 0.211 e. The average molecular weight is 527 g/mol. The van der Waals surface area contributed by atoms with Crippen molar-refractivity contribution >= 4 is 54.9 Å². The lowest BCUT2D eigenvalue weighted by Crippen LogP contribution is -2.08. The van der Waals surface area contributed by atoms with Gasteiger partial charge in [0.2, 0.25) is 15.6 Å². The van der Waals surface area contributed by atoms with E-state index in [4.69, 9.17) is 22.1 Å². The summed E-state index contributed by atoms with van der Waals surface area (Å²) < 4.78 is 32.6. The molecule has 0 spiro atoms. The lowest BCUT2D eigenvalue weighted by Gasteiger charge is -2.11. The van der Waals surface area contributed by atoms with Crippen LogP contribution in [0.3, 0.4) is 0 Å². The zero-order valence-electron chi connectivity index (χ0n) is 19.3. The molecule has 6 nitrogen and oxygen atoms in total. The number of carbonyl (C=O) groups excluding carboxylic acids is 1. The quantitative estimate of drug-likeness (QED) is 0.270. The zero-order chi connectivity index (χ0) is 25.3. The Morgan fingerprint density at radius 3 is 2.37 bits per heavy atom. The summed E-state index contributed by atoms with van der Waals surface area (Å²) in [6, 6.07) is 18.1. The van der Waals surface area contributed by atoms with Gasteiger partial charge in [-0.3, -0.25) is 4.79 Å². The lowest BCUT2D eigenvalue weighted by molar-refractivity contribution is 0.104. The molecule has 1 aromatic heterocycles. The highest BCUT2D eigenvalue weighted by Gasteiger charge is 2.32. The molecule has 4 aromatic rings. The molecule has 1 heterocycles. The normalized spacial score (nSPS) is 11.3. The number of hydrogen-bond acceptors (Lipinski definition) is 7. The zero-order valence-corrected chi connectivity index (χ0v) is 21.6. The minimum absolute atomic E-state index is 0.0231. The van der Waals surface area contributed by atoms with Gasteiger partial charge in [0, 0.05) is 16.3 Å². The molecule has 180 valence electrons. The molecule has 35 heavy (non-hydrogen) atoms. The van der Waals surface area contributed by atoms with Crippen molar-refractivity contribution in [2.45, 2.75) is 23.6 Å². The van der Waals surface area contributed by atoms with Gasteiger partial charge in [0.25, 0.3) is 0 Å². The molecule has 0 aliphatic heterocycles. The van der Waals surface area contributed by atoms with Gasteiger partial charge < -0.3 is 15.8 Å². The van der Waals surface area contributed by atoms with Gasteiger partial charge in [0.1, 0.15) is 20.5 Å². The Hall–Kier alpha value is -3.33. The SMILES string of the molecule is COc1cccc(C(=O)c2sc(Nc3ccc(C)c(C)c3)c(S(=O)(=O)c3ccc(Cl)cc3)c2N)c1. The number of nitrogens with one attached hydrogen (secondary N) is 1. The average Bonchev–Trinajstić information content (AvgIpc) is 3.17. The summed E-state index contributed by atoms with van der Waals surface area (Å²) in [6.45, 7) is 3.95. The molecule has 9 heteroatoms. The largest absolute Gasteiger partial charge is 0.497 e. The van der Waals surface area contributed by atoms with Gasteiger partial charge in [-0.25, -0.2) is 8.42 Å². The summed E-state index contributed by atoms with van der Waals surface area (Å²) in [5.41, 5.74) is 9.44. The molecule has 0 amide bonds. The second kappa shape index (κ2) is 9.73. The Morgan fingerprint density at radius 1 is 1.00 bits per heavy atom. The molecule has 3 aromatic carbocycles. The molecule has 0 unspecified atom stereocenters. The number of methoxy groups -OCH3 is 1. The molecule has 0 saturated carbocycles. The van der Waals surface area contributed by atoms with Crippen molar-refractivity contribution < 1.29 is 17.9 Å². The second-order valence-corrected chi connectivity index (χ2v) is 11.3. The van der Waals surface area contributed by atoms with E-state index < -0.39 is 15.6 Å². The van der Waals surface area contributed by atoms with Crippen LogP contribution in [0.15, 0.2) is 76.5 Å². The number of halogens is 1. The first kappa shape index (κ1) is 24.8. The lowest BCUT2D eigenvalue weighted by atomic mass is 10.1. The molecule has 0 radical (unpaired) electrons. The third-order valence-electron chi connectivity index (χ3n) is 5.60. The third-order valence-corrected chi connectivity index (χ3v) is 8.95.